The van der Waals surface area contributed by atoms with Gasteiger partial charge in [-0.2, -0.15) is 0 Å². The summed E-state index contributed by atoms with van der Waals surface area (Å²) in [5.74, 6) is 0. The zero-order valence-electron chi connectivity index (χ0n) is 11.4. The summed E-state index contributed by atoms with van der Waals surface area (Å²) in [5.41, 5.74) is 4.50. The smallest absolute Gasteiger partial charge is 0.0213 e. The lowest BCUT2D eigenvalue weighted by Gasteiger charge is -2.29. The van der Waals surface area contributed by atoms with Gasteiger partial charge in [-0.05, 0) is 50.3 Å². The molecule has 0 saturated heterocycles. The summed E-state index contributed by atoms with van der Waals surface area (Å²) in [4.78, 5) is 0. The fraction of sp³-hybridized carbons (Fsp3) is 0.600. The van der Waals surface area contributed by atoms with E-state index in [0.29, 0.717) is 0 Å². The Balaban J connectivity index is 2.71. The number of nitrogens with one attached hydrogen (secondary N) is 1. The van der Waals surface area contributed by atoms with Crippen molar-refractivity contribution in [3.05, 3.63) is 34.9 Å². The average molecular weight is 219 g/mol. The van der Waals surface area contributed by atoms with Gasteiger partial charge in [0.25, 0.3) is 0 Å². The number of rotatable bonds is 5. The second-order valence-corrected chi connectivity index (χ2v) is 4.98. The van der Waals surface area contributed by atoms with Crippen molar-refractivity contribution in [1.82, 2.24) is 5.32 Å². The summed E-state index contributed by atoms with van der Waals surface area (Å²) in [7, 11) is 0. The number of hydrogen-bond donors (Lipinski definition) is 1. The topological polar surface area (TPSA) is 12.0 Å². The summed E-state index contributed by atoms with van der Waals surface area (Å²) in [6.45, 7) is 12.2. The van der Waals surface area contributed by atoms with E-state index in [0.717, 1.165) is 6.54 Å². The SMILES string of the molecule is CCC(C)(CC)NCc1cccc(C)c1C. The Morgan fingerprint density at radius 1 is 1.12 bits per heavy atom. The predicted molar refractivity (Wildman–Crippen MR) is 71.7 cm³/mol. The molecule has 0 bridgehead atoms. The Bertz CT molecular complexity index is 337. The van der Waals surface area contributed by atoms with Crippen LogP contribution in [0.3, 0.4) is 0 Å². The van der Waals surface area contributed by atoms with E-state index in [9.17, 15) is 0 Å². The molecule has 0 saturated carbocycles. The van der Waals surface area contributed by atoms with E-state index < -0.39 is 0 Å². The molecule has 0 radical (unpaired) electrons. The maximum Gasteiger partial charge on any atom is 0.0213 e. The highest BCUT2D eigenvalue weighted by Crippen LogP contribution is 2.17. The standard InChI is InChI=1S/C15H25N/c1-6-15(5,7-2)16-11-14-10-8-9-12(3)13(14)4/h8-10,16H,6-7,11H2,1-5H3. The number of aryl methyl sites for hydroxylation is 1. The molecule has 1 N–H and O–H groups in total. The molecule has 0 spiro atoms. The summed E-state index contributed by atoms with van der Waals surface area (Å²) >= 11 is 0. The lowest BCUT2D eigenvalue weighted by Crippen LogP contribution is -2.40. The van der Waals surface area contributed by atoms with Crippen molar-refractivity contribution in [2.24, 2.45) is 0 Å². The van der Waals surface area contributed by atoms with E-state index >= 15 is 0 Å². The van der Waals surface area contributed by atoms with Gasteiger partial charge in [0.1, 0.15) is 0 Å². The van der Waals surface area contributed by atoms with E-state index in [-0.39, 0.29) is 5.54 Å². The maximum atomic E-state index is 3.68. The van der Waals surface area contributed by atoms with E-state index in [1.807, 2.05) is 0 Å². The molecular formula is C15H25N. The number of hydrogen-bond acceptors (Lipinski definition) is 1. The third kappa shape index (κ3) is 3.08. The van der Waals surface area contributed by atoms with Crippen molar-refractivity contribution in [3.8, 4) is 0 Å². The van der Waals surface area contributed by atoms with Crippen molar-refractivity contribution >= 4 is 0 Å². The second-order valence-electron chi connectivity index (χ2n) is 4.98. The molecule has 0 aliphatic rings. The van der Waals surface area contributed by atoms with Crippen molar-refractivity contribution in [2.45, 2.75) is 59.5 Å². The van der Waals surface area contributed by atoms with Crippen molar-refractivity contribution in [2.75, 3.05) is 0 Å². The molecule has 1 rings (SSSR count). The van der Waals surface area contributed by atoms with E-state index in [1.165, 1.54) is 29.5 Å². The molecule has 1 heteroatoms. The van der Waals surface area contributed by atoms with Crippen LogP contribution in [0.1, 0.15) is 50.3 Å². The quantitative estimate of drug-likeness (QED) is 0.790. The molecule has 1 aromatic rings. The molecule has 1 nitrogen and oxygen atoms in total. The normalized spacial score (nSPS) is 11.8. The second kappa shape index (κ2) is 5.49. The Labute approximate surface area is 100 Å². The molecule has 0 aliphatic heterocycles. The van der Waals surface area contributed by atoms with Crippen molar-refractivity contribution in [3.63, 3.8) is 0 Å². The first-order valence-electron chi connectivity index (χ1n) is 6.32. The van der Waals surface area contributed by atoms with Gasteiger partial charge in [-0.3, -0.25) is 0 Å². The van der Waals surface area contributed by atoms with Crippen LogP contribution in [0.5, 0.6) is 0 Å². The minimum atomic E-state index is 0.274. The molecule has 90 valence electrons. The van der Waals surface area contributed by atoms with Crippen molar-refractivity contribution < 1.29 is 0 Å². The van der Waals surface area contributed by atoms with E-state index in [2.05, 4.69) is 58.1 Å². The summed E-state index contributed by atoms with van der Waals surface area (Å²) < 4.78 is 0. The van der Waals surface area contributed by atoms with Crippen LogP contribution in [0.2, 0.25) is 0 Å². The zero-order valence-corrected chi connectivity index (χ0v) is 11.4. The Morgan fingerprint density at radius 2 is 1.75 bits per heavy atom. The first kappa shape index (κ1) is 13.2. The molecule has 0 fully saturated rings. The van der Waals surface area contributed by atoms with E-state index in [4.69, 9.17) is 0 Å². The van der Waals surface area contributed by atoms with Gasteiger partial charge in [-0.1, -0.05) is 32.0 Å². The molecule has 0 amide bonds. The Morgan fingerprint density at radius 3 is 2.31 bits per heavy atom. The summed E-state index contributed by atoms with van der Waals surface area (Å²) in [5, 5.41) is 3.68. The highest BCUT2D eigenvalue weighted by Gasteiger charge is 2.18. The molecule has 0 heterocycles. The first-order chi connectivity index (χ1) is 7.52. The molecular weight excluding hydrogens is 194 g/mol. The molecule has 0 aliphatic carbocycles. The minimum Gasteiger partial charge on any atom is -0.307 e. The van der Waals surface area contributed by atoms with Gasteiger partial charge in [-0.15, -0.1) is 0 Å². The van der Waals surface area contributed by atoms with Gasteiger partial charge in [0, 0.05) is 12.1 Å². The fourth-order valence-electron chi connectivity index (χ4n) is 1.81. The monoisotopic (exact) mass is 219 g/mol. The highest BCUT2D eigenvalue weighted by molar-refractivity contribution is 5.33. The van der Waals surface area contributed by atoms with Gasteiger partial charge in [0.15, 0.2) is 0 Å². The number of benzene rings is 1. The maximum absolute atomic E-state index is 3.68. The minimum absolute atomic E-state index is 0.274. The Kier molecular flexibility index (Phi) is 4.55. The molecule has 1 aromatic carbocycles. The summed E-state index contributed by atoms with van der Waals surface area (Å²) in [6.07, 6.45) is 2.35. The Hall–Kier alpha value is -0.820. The van der Waals surface area contributed by atoms with Crippen LogP contribution in [0.4, 0.5) is 0 Å². The van der Waals surface area contributed by atoms with Gasteiger partial charge >= 0.3 is 0 Å². The van der Waals surface area contributed by atoms with Crippen LogP contribution in [0, 0.1) is 13.8 Å². The molecule has 16 heavy (non-hydrogen) atoms. The van der Waals surface area contributed by atoms with Gasteiger partial charge in [-0.25, -0.2) is 0 Å². The first-order valence-corrected chi connectivity index (χ1v) is 6.32. The van der Waals surface area contributed by atoms with Gasteiger partial charge in [0.05, 0.1) is 0 Å². The van der Waals surface area contributed by atoms with Crippen LogP contribution in [-0.4, -0.2) is 5.54 Å². The van der Waals surface area contributed by atoms with Gasteiger partial charge < -0.3 is 5.32 Å². The van der Waals surface area contributed by atoms with Crippen LogP contribution in [0.15, 0.2) is 18.2 Å². The third-order valence-electron chi connectivity index (χ3n) is 3.98. The lowest BCUT2D eigenvalue weighted by atomic mass is 9.94. The largest absolute Gasteiger partial charge is 0.307 e. The van der Waals surface area contributed by atoms with Crippen LogP contribution in [-0.2, 0) is 6.54 Å². The highest BCUT2D eigenvalue weighted by atomic mass is 15.0. The molecule has 0 aromatic heterocycles. The molecule has 0 atom stereocenters. The zero-order chi connectivity index (χ0) is 12.2. The predicted octanol–water partition coefficient (Wildman–Crippen LogP) is 3.97. The average Bonchev–Trinajstić information content (AvgIpc) is 2.31. The van der Waals surface area contributed by atoms with E-state index in [1.54, 1.807) is 0 Å². The van der Waals surface area contributed by atoms with Crippen LogP contribution < -0.4 is 5.32 Å². The summed E-state index contributed by atoms with van der Waals surface area (Å²) in [6, 6.07) is 6.55. The molecule has 0 unspecified atom stereocenters. The van der Waals surface area contributed by atoms with Crippen molar-refractivity contribution in [1.29, 1.82) is 0 Å². The fourth-order valence-corrected chi connectivity index (χ4v) is 1.81. The van der Waals surface area contributed by atoms with Crippen LogP contribution >= 0.6 is 0 Å². The third-order valence-corrected chi connectivity index (χ3v) is 3.98. The van der Waals surface area contributed by atoms with Gasteiger partial charge in [0.2, 0.25) is 0 Å². The lowest BCUT2D eigenvalue weighted by molar-refractivity contribution is 0.329. The van der Waals surface area contributed by atoms with Crippen LogP contribution in [0.25, 0.3) is 0 Å².